The first-order valence-electron chi connectivity index (χ1n) is 9.60. The van der Waals surface area contributed by atoms with E-state index in [1.807, 2.05) is 0 Å². The van der Waals surface area contributed by atoms with Gasteiger partial charge in [0.05, 0.1) is 6.10 Å². The summed E-state index contributed by atoms with van der Waals surface area (Å²) >= 11 is 0. The van der Waals surface area contributed by atoms with Crippen molar-refractivity contribution in [3.63, 3.8) is 0 Å². The maximum Gasteiger partial charge on any atom is 0.315 e. The molecule has 0 aromatic rings. The molecule has 0 radical (unpaired) electrons. The Morgan fingerprint density at radius 2 is 2.13 bits per heavy atom. The van der Waals surface area contributed by atoms with Gasteiger partial charge in [0.15, 0.2) is 0 Å². The highest BCUT2D eigenvalue weighted by atomic mass is 16.5. The van der Waals surface area contributed by atoms with E-state index in [-0.39, 0.29) is 6.03 Å². The Bertz CT molecular complexity index is 390. The molecule has 5 nitrogen and oxygen atoms in total. The van der Waals surface area contributed by atoms with E-state index in [1.54, 1.807) is 0 Å². The third kappa shape index (κ3) is 4.83. The van der Waals surface area contributed by atoms with Gasteiger partial charge in [0.1, 0.15) is 0 Å². The molecular weight excluding hydrogens is 290 g/mol. The Balaban J connectivity index is 1.30. The number of hydrogen-bond acceptors (Lipinski definition) is 3. The molecule has 0 aromatic heterocycles. The Labute approximate surface area is 140 Å². The fourth-order valence-electron chi connectivity index (χ4n) is 4.57. The summed E-state index contributed by atoms with van der Waals surface area (Å²) in [6, 6.07) is 0.314. The smallest absolute Gasteiger partial charge is 0.315 e. The zero-order valence-electron chi connectivity index (χ0n) is 14.6. The van der Waals surface area contributed by atoms with Gasteiger partial charge < -0.3 is 20.3 Å². The van der Waals surface area contributed by atoms with E-state index in [4.69, 9.17) is 4.74 Å². The summed E-state index contributed by atoms with van der Waals surface area (Å²) in [6.07, 6.45) is 8.64. The van der Waals surface area contributed by atoms with Crippen LogP contribution in [0.25, 0.3) is 0 Å². The summed E-state index contributed by atoms with van der Waals surface area (Å²) in [4.78, 5) is 14.7. The van der Waals surface area contributed by atoms with Crippen molar-refractivity contribution in [3.05, 3.63) is 0 Å². The van der Waals surface area contributed by atoms with Gasteiger partial charge in [-0.3, -0.25) is 0 Å². The van der Waals surface area contributed by atoms with Crippen molar-refractivity contribution >= 4 is 6.03 Å². The minimum absolute atomic E-state index is 0.00885. The number of piperidine rings is 1. The molecule has 0 spiro atoms. The summed E-state index contributed by atoms with van der Waals surface area (Å²) in [7, 11) is 0. The van der Waals surface area contributed by atoms with E-state index in [2.05, 4.69) is 22.5 Å². The van der Waals surface area contributed by atoms with Crippen molar-refractivity contribution in [2.75, 3.05) is 32.8 Å². The molecule has 23 heavy (non-hydrogen) atoms. The highest BCUT2D eigenvalue weighted by Gasteiger charge is 2.38. The molecular formula is C18H33N3O2. The Morgan fingerprint density at radius 1 is 1.22 bits per heavy atom. The molecule has 3 rings (SSSR count). The van der Waals surface area contributed by atoms with Crippen LogP contribution in [0.15, 0.2) is 0 Å². The summed E-state index contributed by atoms with van der Waals surface area (Å²) in [6.45, 7) is 7.52. The highest BCUT2D eigenvalue weighted by molar-refractivity contribution is 5.74. The Morgan fingerprint density at radius 3 is 3.00 bits per heavy atom. The van der Waals surface area contributed by atoms with Crippen LogP contribution in [0, 0.1) is 11.8 Å². The van der Waals surface area contributed by atoms with Gasteiger partial charge in [0.25, 0.3) is 0 Å². The molecule has 2 saturated heterocycles. The summed E-state index contributed by atoms with van der Waals surface area (Å²) < 4.78 is 5.77. The first-order valence-corrected chi connectivity index (χ1v) is 9.60. The zero-order valence-corrected chi connectivity index (χ0v) is 14.6. The van der Waals surface area contributed by atoms with Crippen molar-refractivity contribution < 1.29 is 9.53 Å². The molecule has 2 amide bonds. The monoisotopic (exact) mass is 323 g/mol. The number of fused-ring (bicyclic) bond motifs is 1. The molecule has 4 atom stereocenters. The Hall–Kier alpha value is -0.810. The van der Waals surface area contributed by atoms with Gasteiger partial charge in [-0.05, 0) is 64.0 Å². The maximum atomic E-state index is 12.1. The number of nitrogens with one attached hydrogen (secondary N) is 2. The third-order valence-electron chi connectivity index (χ3n) is 5.78. The van der Waals surface area contributed by atoms with Crippen LogP contribution in [0.4, 0.5) is 4.79 Å². The predicted octanol–water partition coefficient (Wildman–Crippen LogP) is 2.37. The SMILES string of the molecule is C[C@@H]1CCCN(CCCNC(=O)N[C@@H]2CCC[C@H]3OCC[C@H]23)C1. The molecule has 1 aliphatic carbocycles. The van der Waals surface area contributed by atoms with E-state index < -0.39 is 0 Å². The van der Waals surface area contributed by atoms with E-state index in [0.717, 1.165) is 44.9 Å². The van der Waals surface area contributed by atoms with Gasteiger partial charge in [-0.1, -0.05) is 6.92 Å². The molecule has 0 bridgehead atoms. The lowest BCUT2D eigenvalue weighted by molar-refractivity contribution is 0.0549. The van der Waals surface area contributed by atoms with Gasteiger partial charge in [0, 0.05) is 31.7 Å². The number of urea groups is 1. The molecule has 5 heteroatoms. The topological polar surface area (TPSA) is 53.6 Å². The molecule has 0 aromatic carbocycles. The highest BCUT2D eigenvalue weighted by Crippen LogP contribution is 2.34. The number of carbonyl (C=O) groups is 1. The van der Waals surface area contributed by atoms with E-state index in [0.29, 0.717) is 18.1 Å². The molecule has 3 fully saturated rings. The fraction of sp³-hybridized carbons (Fsp3) is 0.944. The first-order chi connectivity index (χ1) is 11.2. The van der Waals surface area contributed by atoms with E-state index in [9.17, 15) is 4.79 Å². The fourth-order valence-corrected chi connectivity index (χ4v) is 4.57. The average Bonchev–Trinajstić information content (AvgIpc) is 3.01. The van der Waals surface area contributed by atoms with Crippen LogP contribution in [0.1, 0.15) is 51.9 Å². The largest absolute Gasteiger partial charge is 0.378 e. The van der Waals surface area contributed by atoms with Crippen molar-refractivity contribution in [3.8, 4) is 0 Å². The third-order valence-corrected chi connectivity index (χ3v) is 5.78. The summed E-state index contributed by atoms with van der Waals surface area (Å²) in [5.41, 5.74) is 0. The predicted molar refractivity (Wildman–Crippen MR) is 91.5 cm³/mol. The van der Waals surface area contributed by atoms with Gasteiger partial charge >= 0.3 is 6.03 Å². The second-order valence-electron chi connectivity index (χ2n) is 7.70. The maximum absolute atomic E-state index is 12.1. The van der Waals surface area contributed by atoms with E-state index >= 15 is 0 Å². The van der Waals surface area contributed by atoms with Crippen LogP contribution < -0.4 is 10.6 Å². The quantitative estimate of drug-likeness (QED) is 0.764. The lowest BCUT2D eigenvalue weighted by atomic mass is 9.82. The average molecular weight is 323 g/mol. The number of nitrogens with zero attached hydrogens (tertiary/aromatic N) is 1. The number of hydrogen-bond donors (Lipinski definition) is 2. The van der Waals surface area contributed by atoms with E-state index in [1.165, 1.54) is 38.8 Å². The van der Waals surface area contributed by atoms with Crippen LogP contribution in [0.5, 0.6) is 0 Å². The zero-order chi connectivity index (χ0) is 16.1. The lowest BCUT2D eigenvalue weighted by Crippen LogP contribution is -2.49. The molecule has 2 aliphatic heterocycles. The Kier molecular flexibility index (Phi) is 6.17. The van der Waals surface area contributed by atoms with Gasteiger partial charge in [0.2, 0.25) is 0 Å². The number of rotatable bonds is 5. The molecule has 1 saturated carbocycles. The standard InChI is InChI=1S/C18H33N3O2/c1-14-5-3-10-21(13-14)11-4-9-19-18(22)20-16-6-2-7-17-15(16)8-12-23-17/h14-17H,2-13H2,1H3,(H2,19,20,22)/t14-,15-,16-,17-/m1/s1. The molecule has 3 aliphatic rings. The summed E-state index contributed by atoms with van der Waals surface area (Å²) in [5.74, 6) is 1.36. The van der Waals surface area contributed by atoms with Gasteiger partial charge in [-0.2, -0.15) is 0 Å². The number of amides is 2. The van der Waals surface area contributed by atoms with Gasteiger partial charge in [-0.25, -0.2) is 4.79 Å². The van der Waals surface area contributed by atoms with Crippen molar-refractivity contribution in [2.24, 2.45) is 11.8 Å². The van der Waals surface area contributed by atoms with Crippen LogP contribution >= 0.6 is 0 Å². The van der Waals surface area contributed by atoms with Crippen LogP contribution in [0.3, 0.4) is 0 Å². The minimum Gasteiger partial charge on any atom is -0.378 e. The summed E-state index contributed by atoms with van der Waals surface area (Å²) in [5, 5.41) is 6.24. The molecule has 2 N–H and O–H groups in total. The van der Waals surface area contributed by atoms with Gasteiger partial charge in [-0.15, -0.1) is 0 Å². The number of likely N-dealkylation sites (tertiary alicyclic amines) is 1. The first kappa shape index (κ1) is 17.0. The molecule has 0 unspecified atom stereocenters. The normalized spacial score (nSPS) is 34.8. The van der Waals surface area contributed by atoms with Crippen molar-refractivity contribution in [1.82, 2.24) is 15.5 Å². The van der Waals surface area contributed by atoms with Crippen LogP contribution in [-0.2, 0) is 4.74 Å². The lowest BCUT2D eigenvalue weighted by Gasteiger charge is -2.33. The van der Waals surface area contributed by atoms with Crippen LogP contribution in [-0.4, -0.2) is 55.9 Å². The molecule has 2 heterocycles. The second kappa shape index (κ2) is 8.34. The molecule has 132 valence electrons. The van der Waals surface area contributed by atoms with Crippen molar-refractivity contribution in [1.29, 1.82) is 0 Å². The minimum atomic E-state index is 0.00885. The second-order valence-corrected chi connectivity index (χ2v) is 7.70. The van der Waals surface area contributed by atoms with Crippen molar-refractivity contribution in [2.45, 2.75) is 64.0 Å². The number of carbonyl (C=O) groups excluding carboxylic acids is 1. The van der Waals surface area contributed by atoms with Crippen LogP contribution in [0.2, 0.25) is 0 Å². The number of ether oxygens (including phenoxy) is 1.